The van der Waals surface area contributed by atoms with E-state index in [0.29, 0.717) is 17.4 Å². The summed E-state index contributed by atoms with van der Waals surface area (Å²) in [4.78, 5) is 0. The Balaban J connectivity index is 3.08. The molecular weight excluding hydrogens is 188 g/mol. The summed E-state index contributed by atoms with van der Waals surface area (Å²) in [5.41, 5.74) is 1.63. The van der Waals surface area contributed by atoms with Crippen LogP contribution >= 0.6 is 0 Å². The highest BCUT2D eigenvalue weighted by Gasteiger charge is 2.12. The zero-order valence-electron chi connectivity index (χ0n) is 9.91. The second-order valence-corrected chi connectivity index (χ2v) is 4.79. The first kappa shape index (κ1) is 11.9. The van der Waals surface area contributed by atoms with Crippen LogP contribution in [0.25, 0.3) is 0 Å². The maximum Gasteiger partial charge on any atom is 0.119 e. The Hall–Kier alpha value is -1.18. The lowest BCUT2D eigenvalue weighted by Gasteiger charge is -2.13. The van der Waals surface area contributed by atoms with Crippen molar-refractivity contribution < 1.29 is 10.2 Å². The molecule has 0 atom stereocenters. The molecule has 0 radical (unpaired) electrons. The van der Waals surface area contributed by atoms with Crippen molar-refractivity contribution in [3.05, 3.63) is 23.3 Å². The summed E-state index contributed by atoms with van der Waals surface area (Å²) < 4.78 is 0. The first-order valence-corrected chi connectivity index (χ1v) is 5.46. The van der Waals surface area contributed by atoms with Crippen molar-refractivity contribution in [3.63, 3.8) is 0 Å². The van der Waals surface area contributed by atoms with Crippen LogP contribution in [-0.4, -0.2) is 10.2 Å². The number of rotatable bonds is 3. The van der Waals surface area contributed by atoms with Gasteiger partial charge in [-0.2, -0.15) is 0 Å². The Kier molecular flexibility index (Phi) is 3.61. The number of benzene rings is 1. The van der Waals surface area contributed by atoms with Gasteiger partial charge in [0.15, 0.2) is 0 Å². The Labute approximate surface area is 91.6 Å². The van der Waals surface area contributed by atoms with E-state index >= 15 is 0 Å². The minimum absolute atomic E-state index is 0.226. The molecule has 2 heteroatoms. The van der Waals surface area contributed by atoms with Gasteiger partial charge < -0.3 is 10.2 Å². The molecule has 84 valence electrons. The number of phenols is 2. The fraction of sp³-hybridized carbons (Fsp3) is 0.538. The van der Waals surface area contributed by atoms with Gasteiger partial charge in [-0.05, 0) is 36.0 Å². The molecule has 1 aromatic rings. The fourth-order valence-corrected chi connectivity index (χ4v) is 1.70. The summed E-state index contributed by atoms with van der Waals surface area (Å²) in [6.45, 7) is 8.17. The smallest absolute Gasteiger partial charge is 0.119 e. The maximum absolute atomic E-state index is 9.80. The lowest BCUT2D eigenvalue weighted by Crippen LogP contribution is -1.96. The molecule has 0 aliphatic heterocycles. The van der Waals surface area contributed by atoms with Crippen molar-refractivity contribution >= 4 is 0 Å². The Bertz CT molecular complexity index is 341. The van der Waals surface area contributed by atoms with Gasteiger partial charge in [0.05, 0.1) is 0 Å². The van der Waals surface area contributed by atoms with E-state index in [4.69, 9.17) is 0 Å². The van der Waals surface area contributed by atoms with Crippen LogP contribution in [0.4, 0.5) is 0 Å². The van der Waals surface area contributed by atoms with Gasteiger partial charge >= 0.3 is 0 Å². The molecule has 0 unspecified atom stereocenters. The predicted molar refractivity (Wildman–Crippen MR) is 62.4 cm³/mol. The molecule has 0 aromatic heterocycles. The molecule has 0 aliphatic rings. The molecule has 0 bridgehead atoms. The molecule has 1 rings (SSSR count). The van der Waals surface area contributed by atoms with Crippen LogP contribution in [0.2, 0.25) is 0 Å². The third-order valence-corrected chi connectivity index (χ3v) is 2.48. The number of hydrogen-bond acceptors (Lipinski definition) is 2. The summed E-state index contributed by atoms with van der Waals surface area (Å²) in [7, 11) is 0. The molecule has 0 amide bonds. The van der Waals surface area contributed by atoms with Crippen molar-refractivity contribution in [2.75, 3.05) is 0 Å². The van der Waals surface area contributed by atoms with Crippen LogP contribution in [0, 0.1) is 5.92 Å². The van der Waals surface area contributed by atoms with Crippen LogP contribution in [0.15, 0.2) is 12.1 Å². The van der Waals surface area contributed by atoms with E-state index < -0.39 is 0 Å². The van der Waals surface area contributed by atoms with E-state index in [0.717, 1.165) is 17.5 Å². The third-order valence-electron chi connectivity index (χ3n) is 2.48. The highest BCUT2D eigenvalue weighted by Crippen LogP contribution is 2.33. The summed E-state index contributed by atoms with van der Waals surface area (Å²) in [6.07, 6.45) is 0.789. The van der Waals surface area contributed by atoms with Crippen LogP contribution in [0.5, 0.6) is 11.5 Å². The molecule has 0 spiro atoms. The highest BCUT2D eigenvalue weighted by atomic mass is 16.3. The van der Waals surface area contributed by atoms with Gasteiger partial charge in [-0.1, -0.05) is 27.7 Å². The first-order valence-electron chi connectivity index (χ1n) is 5.46. The molecule has 2 nitrogen and oxygen atoms in total. The third kappa shape index (κ3) is 2.88. The van der Waals surface area contributed by atoms with Crippen LogP contribution in [-0.2, 0) is 6.42 Å². The van der Waals surface area contributed by atoms with E-state index in [9.17, 15) is 10.2 Å². The fourth-order valence-electron chi connectivity index (χ4n) is 1.70. The van der Waals surface area contributed by atoms with Crippen LogP contribution in [0.1, 0.15) is 44.7 Å². The van der Waals surface area contributed by atoms with Crippen LogP contribution in [0.3, 0.4) is 0 Å². The number of hydrogen-bond donors (Lipinski definition) is 2. The number of aromatic hydroxyl groups is 2. The predicted octanol–water partition coefficient (Wildman–Crippen LogP) is 3.42. The van der Waals surface area contributed by atoms with E-state index in [1.54, 1.807) is 12.1 Å². The van der Waals surface area contributed by atoms with Crippen molar-refractivity contribution in [2.24, 2.45) is 5.92 Å². The Morgan fingerprint density at radius 3 is 2.07 bits per heavy atom. The summed E-state index contributed by atoms with van der Waals surface area (Å²) in [5.74, 6) is 1.29. The van der Waals surface area contributed by atoms with Gasteiger partial charge in [0.25, 0.3) is 0 Å². The molecule has 2 N–H and O–H groups in total. The normalized spacial score (nSPS) is 11.3. The Morgan fingerprint density at radius 2 is 1.60 bits per heavy atom. The molecular formula is C13H20O2. The van der Waals surface area contributed by atoms with Crippen molar-refractivity contribution in [2.45, 2.75) is 40.0 Å². The largest absolute Gasteiger partial charge is 0.508 e. The lowest BCUT2D eigenvalue weighted by molar-refractivity contribution is 0.442. The van der Waals surface area contributed by atoms with Gasteiger partial charge in [0, 0.05) is 5.56 Å². The summed E-state index contributed by atoms with van der Waals surface area (Å²) in [5, 5.41) is 19.6. The summed E-state index contributed by atoms with van der Waals surface area (Å²) >= 11 is 0. The molecule has 0 saturated heterocycles. The van der Waals surface area contributed by atoms with E-state index in [1.165, 1.54) is 0 Å². The molecule has 0 aliphatic carbocycles. The van der Waals surface area contributed by atoms with E-state index in [1.807, 2.05) is 13.8 Å². The molecule has 0 fully saturated rings. The standard InChI is InChI=1S/C13H20O2/c1-8(2)5-10-6-13(15)11(9(3)4)7-12(10)14/h6-9,14-15H,5H2,1-4H3. The molecule has 15 heavy (non-hydrogen) atoms. The molecule has 1 aromatic carbocycles. The monoisotopic (exact) mass is 208 g/mol. The topological polar surface area (TPSA) is 40.5 Å². The highest BCUT2D eigenvalue weighted by molar-refractivity contribution is 5.46. The lowest BCUT2D eigenvalue weighted by atomic mass is 9.96. The average Bonchev–Trinajstić information content (AvgIpc) is 2.09. The van der Waals surface area contributed by atoms with Crippen molar-refractivity contribution in [1.82, 2.24) is 0 Å². The van der Waals surface area contributed by atoms with E-state index in [2.05, 4.69) is 13.8 Å². The quantitative estimate of drug-likeness (QED) is 0.747. The average molecular weight is 208 g/mol. The molecule has 0 saturated carbocycles. The number of phenolic OH excluding ortho intramolecular Hbond substituents is 2. The zero-order chi connectivity index (χ0) is 11.6. The molecule has 0 heterocycles. The van der Waals surface area contributed by atoms with Gasteiger partial charge in [0.1, 0.15) is 11.5 Å². The van der Waals surface area contributed by atoms with Crippen molar-refractivity contribution in [3.8, 4) is 11.5 Å². The minimum atomic E-state index is 0.226. The van der Waals surface area contributed by atoms with Crippen LogP contribution < -0.4 is 0 Å². The first-order chi connectivity index (χ1) is 6.91. The van der Waals surface area contributed by atoms with Gasteiger partial charge in [-0.3, -0.25) is 0 Å². The van der Waals surface area contributed by atoms with Gasteiger partial charge in [0.2, 0.25) is 0 Å². The van der Waals surface area contributed by atoms with E-state index in [-0.39, 0.29) is 5.92 Å². The van der Waals surface area contributed by atoms with Gasteiger partial charge in [-0.15, -0.1) is 0 Å². The van der Waals surface area contributed by atoms with Gasteiger partial charge in [-0.25, -0.2) is 0 Å². The second kappa shape index (κ2) is 4.56. The SMILES string of the molecule is CC(C)Cc1cc(O)c(C(C)C)cc1O. The second-order valence-electron chi connectivity index (χ2n) is 4.79. The summed E-state index contributed by atoms with van der Waals surface area (Å²) in [6, 6.07) is 3.36. The zero-order valence-corrected chi connectivity index (χ0v) is 9.91. The minimum Gasteiger partial charge on any atom is -0.508 e. The van der Waals surface area contributed by atoms with Crippen molar-refractivity contribution in [1.29, 1.82) is 0 Å². The Morgan fingerprint density at radius 1 is 1.00 bits per heavy atom. The maximum atomic E-state index is 9.80.